The van der Waals surface area contributed by atoms with Gasteiger partial charge in [0.05, 0.1) is 0 Å². The molecule has 19 heavy (non-hydrogen) atoms. The zero-order chi connectivity index (χ0) is 13.4. The normalized spacial score (nSPS) is 13.6. The molecule has 1 heteroatoms. The third kappa shape index (κ3) is 2.33. The second kappa shape index (κ2) is 4.86. The highest BCUT2D eigenvalue weighted by atomic mass is 35.5. The molecule has 0 amide bonds. The monoisotopic (exact) mass is 268 g/mol. The van der Waals surface area contributed by atoms with Gasteiger partial charge in [0.1, 0.15) is 0 Å². The highest BCUT2D eigenvalue weighted by molar-refractivity contribution is 6.30. The van der Waals surface area contributed by atoms with Gasteiger partial charge in [-0.2, -0.15) is 0 Å². The van der Waals surface area contributed by atoms with E-state index in [1.807, 2.05) is 12.1 Å². The van der Waals surface area contributed by atoms with Gasteiger partial charge in [0.25, 0.3) is 0 Å². The summed E-state index contributed by atoms with van der Waals surface area (Å²) < 4.78 is 0. The van der Waals surface area contributed by atoms with E-state index >= 15 is 0 Å². The van der Waals surface area contributed by atoms with E-state index in [0.717, 1.165) is 11.4 Å². The fraction of sp³-hybridized carbons (Fsp3) is 0.222. The maximum Gasteiger partial charge on any atom is 0.0406 e. The summed E-state index contributed by atoms with van der Waals surface area (Å²) in [6.45, 7) is 4.53. The molecule has 3 rings (SSSR count). The van der Waals surface area contributed by atoms with E-state index in [1.165, 1.54) is 27.8 Å². The third-order valence-corrected chi connectivity index (χ3v) is 4.07. The molecule has 96 valence electrons. The number of allylic oxidation sites excluding steroid dienone is 1. The van der Waals surface area contributed by atoms with Crippen molar-refractivity contribution >= 4 is 17.7 Å². The number of fused-ring (bicyclic) bond motifs is 1. The first kappa shape index (κ1) is 12.5. The van der Waals surface area contributed by atoms with Crippen molar-refractivity contribution in [2.24, 2.45) is 5.92 Å². The van der Waals surface area contributed by atoms with E-state index in [9.17, 15) is 0 Å². The fourth-order valence-electron chi connectivity index (χ4n) is 2.65. The van der Waals surface area contributed by atoms with Crippen molar-refractivity contribution < 1.29 is 0 Å². The van der Waals surface area contributed by atoms with Crippen LogP contribution in [0.15, 0.2) is 48.0 Å². The number of benzene rings is 2. The Morgan fingerprint density at radius 2 is 1.74 bits per heavy atom. The standard InChI is InChI=1S/C18H17Cl/c1-12(2)15-10-14-4-3-5-17(18(14)11-15)13-6-8-16(19)9-7-13/h3-9,11-12H,10H2,1-2H3. The summed E-state index contributed by atoms with van der Waals surface area (Å²) in [6.07, 6.45) is 3.46. The minimum Gasteiger partial charge on any atom is -0.0843 e. The minimum absolute atomic E-state index is 0.616. The van der Waals surface area contributed by atoms with E-state index < -0.39 is 0 Å². The van der Waals surface area contributed by atoms with Crippen LogP contribution in [0.3, 0.4) is 0 Å². The lowest BCUT2D eigenvalue weighted by atomic mass is 9.97. The molecule has 0 aliphatic heterocycles. The Hall–Kier alpha value is -1.53. The lowest BCUT2D eigenvalue weighted by molar-refractivity contribution is 0.754. The molecule has 0 aromatic heterocycles. The van der Waals surface area contributed by atoms with Crippen molar-refractivity contribution in [2.75, 3.05) is 0 Å². The van der Waals surface area contributed by atoms with Crippen LogP contribution in [0.2, 0.25) is 5.02 Å². The van der Waals surface area contributed by atoms with E-state index in [1.54, 1.807) is 0 Å². The molecule has 0 atom stereocenters. The molecule has 0 fully saturated rings. The van der Waals surface area contributed by atoms with Gasteiger partial charge in [-0.1, -0.05) is 67.4 Å². The van der Waals surface area contributed by atoms with Crippen molar-refractivity contribution in [2.45, 2.75) is 20.3 Å². The molecule has 0 spiro atoms. The molecule has 0 saturated carbocycles. The molecule has 0 heterocycles. The van der Waals surface area contributed by atoms with E-state index in [0.29, 0.717) is 5.92 Å². The molecule has 0 N–H and O–H groups in total. The minimum atomic E-state index is 0.616. The molecule has 0 bridgehead atoms. The Labute approximate surface area is 119 Å². The van der Waals surface area contributed by atoms with Gasteiger partial charge in [0.2, 0.25) is 0 Å². The number of hydrogen-bond acceptors (Lipinski definition) is 0. The second-order valence-corrected chi connectivity index (χ2v) is 5.87. The van der Waals surface area contributed by atoms with Crippen LogP contribution in [0.4, 0.5) is 0 Å². The highest BCUT2D eigenvalue weighted by Crippen LogP contribution is 2.36. The zero-order valence-electron chi connectivity index (χ0n) is 11.3. The molecular formula is C18H17Cl. The van der Waals surface area contributed by atoms with Crippen molar-refractivity contribution in [3.8, 4) is 11.1 Å². The Bertz CT molecular complexity index is 633. The summed E-state index contributed by atoms with van der Waals surface area (Å²) in [7, 11) is 0. The Kier molecular flexibility index (Phi) is 3.20. The second-order valence-electron chi connectivity index (χ2n) is 5.44. The van der Waals surface area contributed by atoms with Gasteiger partial charge in [-0.25, -0.2) is 0 Å². The van der Waals surface area contributed by atoms with Gasteiger partial charge in [-0.15, -0.1) is 0 Å². The first-order valence-electron chi connectivity index (χ1n) is 6.73. The highest BCUT2D eigenvalue weighted by Gasteiger charge is 2.17. The van der Waals surface area contributed by atoms with Gasteiger partial charge in [-0.3, -0.25) is 0 Å². The van der Waals surface area contributed by atoms with Crippen LogP contribution < -0.4 is 0 Å². The first-order valence-corrected chi connectivity index (χ1v) is 7.11. The molecular weight excluding hydrogens is 252 g/mol. The van der Waals surface area contributed by atoms with Crippen LogP contribution >= 0.6 is 11.6 Å². The van der Waals surface area contributed by atoms with Crippen molar-refractivity contribution in [3.63, 3.8) is 0 Å². The van der Waals surface area contributed by atoms with E-state index in [2.05, 4.69) is 50.3 Å². The maximum atomic E-state index is 5.97. The molecule has 2 aromatic rings. The van der Waals surface area contributed by atoms with Crippen molar-refractivity contribution in [3.05, 3.63) is 64.2 Å². The number of hydrogen-bond donors (Lipinski definition) is 0. The van der Waals surface area contributed by atoms with Gasteiger partial charge < -0.3 is 0 Å². The summed E-state index contributed by atoms with van der Waals surface area (Å²) in [6, 6.07) is 14.7. The van der Waals surface area contributed by atoms with Crippen molar-refractivity contribution in [1.82, 2.24) is 0 Å². The molecule has 0 unspecified atom stereocenters. The van der Waals surface area contributed by atoms with Gasteiger partial charge >= 0.3 is 0 Å². The average molecular weight is 269 g/mol. The number of halogens is 1. The van der Waals surface area contributed by atoms with E-state index in [4.69, 9.17) is 11.6 Å². The predicted octanol–water partition coefficient (Wildman–Crippen LogP) is 5.60. The summed E-state index contributed by atoms with van der Waals surface area (Å²) in [5.74, 6) is 0.616. The topological polar surface area (TPSA) is 0 Å². The largest absolute Gasteiger partial charge is 0.0843 e. The molecule has 1 aliphatic carbocycles. The van der Waals surface area contributed by atoms with Gasteiger partial charge in [0, 0.05) is 5.02 Å². The Morgan fingerprint density at radius 3 is 2.42 bits per heavy atom. The quantitative estimate of drug-likeness (QED) is 0.665. The zero-order valence-corrected chi connectivity index (χ0v) is 12.0. The van der Waals surface area contributed by atoms with Gasteiger partial charge in [0.15, 0.2) is 0 Å². The maximum absolute atomic E-state index is 5.97. The lowest BCUT2D eigenvalue weighted by Gasteiger charge is -2.07. The van der Waals surface area contributed by atoms with Crippen LogP contribution in [0.25, 0.3) is 17.2 Å². The molecule has 0 radical (unpaired) electrons. The van der Waals surface area contributed by atoms with E-state index in [-0.39, 0.29) is 0 Å². The summed E-state index contributed by atoms with van der Waals surface area (Å²) >= 11 is 5.97. The van der Waals surface area contributed by atoms with Crippen LogP contribution in [0.5, 0.6) is 0 Å². The molecule has 0 saturated heterocycles. The SMILES string of the molecule is CC(C)C1=Cc2c(cccc2-c2ccc(Cl)cc2)C1. The van der Waals surface area contributed by atoms with Crippen LogP contribution in [0, 0.1) is 5.92 Å². The third-order valence-electron chi connectivity index (χ3n) is 3.82. The fourth-order valence-corrected chi connectivity index (χ4v) is 2.77. The van der Waals surface area contributed by atoms with Crippen molar-refractivity contribution in [1.29, 1.82) is 0 Å². The Morgan fingerprint density at radius 1 is 1.00 bits per heavy atom. The van der Waals surface area contributed by atoms with Crippen LogP contribution in [-0.2, 0) is 6.42 Å². The molecule has 2 aromatic carbocycles. The predicted molar refractivity (Wildman–Crippen MR) is 83.4 cm³/mol. The lowest BCUT2D eigenvalue weighted by Crippen LogP contribution is -1.92. The average Bonchev–Trinajstić information content (AvgIpc) is 2.83. The van der Waals surface area contributed by atoms with Crippen LogP contribution in [0.1, 0.15) is 25.0 Å². The van der Waals surface area contributed by atoms with Crippen LogP contribution in [-0.4, -0.2) is 0 Å². The molecule has 0 nitrogen and oxygen atoms in total. The summed E-state index contributed by atoms with van der Waals surface area (Å²) in [5.41, 5.74) is 6.90. The summed E-state index contributed by atoms with van der Waals surface area (Å²) in [4.78, 5) is 0. The number of rotatable bonds is 2. The Balaban J connectivity index is 2.10. The molecule has 1 aliphatic rings. The smallest absolute Gasteiger partial charge is 0.0406 e. The summed E-state index contributed by atoms with van der Waals surface area (Å²) in [5, 5.41) is 0.787. The first-order chi connectivity index (χ1) is 9.15. The van der Waals surface area contributed by atoms with Gasteiger partial charge in [-0.05, 0) is 46.7 Å².